The molecule has 1 aromatic heterocycles. The Morgan fingerprint density at radius 2 is 2.41 bits per heavy atom. The van der Waals surface area contributed by atoms with Gasteiger partial charge in [-0.3, -0.25) is 0 Å². The maximum Gasteiger partial charge on any atom is 0.165 e. The van der Waals surface area contributed by atoms with Gasteiger partial charge >= 0.3 is 0 Å². The number of rotatable bonds is 2. The van der Waals surface area contributed by atoms with Crippen molar-refractivity contribution in [2.24, 2.45) is 0 Å². The molecule has 1 aliphatic rings. The number of nitriles is 1. The smallest absolute Gasteiger partial charge is 0.165 e. The summed E-state index contributed by atoms with van der Waals surface area (Å²) in [5, 5.41) is 12.2. The number of hydrogen-bond acceptors (Lipinski definition) is 5. The first-order valence-electron chi connectivity index (χ1n) is 5.61. The number of nitrogens with zero attached hydrogens (tertiary/aromatic N) is 2. The molecule has 1 aliphatic heterocycles. The van der Waals surface area contributed by atoms with Crippen molar-refractivity contribution in [1.29, 1.82) is 5.26 Å². The molecule has 3 N–H and O–H groups in total. The largest absolute Gasteiger partial charge is 0.396 e. The molecule has 0 bridgehead atoms. The second-order valence-electron chi connectivity index (χ2n) is 4.55. The first-order valence-corrected chi connectivity index (χ1v) is 5.61. The highest BCUT2D eigenvalue weighted by molar-refractivity contribution is 5.55. The van der Waals surface area contributed by atoms with Gasteiger partial charge in [0.2, 0.25) is 0 Å². The fourth-order valence-electron chi connectivity index (χ4n) is 1.92. The molecular weight excluding hydrogens is 216 g/mol. The Balaban J connectivity index is 2.22. The summed E-state index contributed by atoms with van der Waals surface area (Å²) >= 11 is 0. The first kappa shape index (κ1) is 11.7. The third-order valence-electron chi connectivity index (χ3n) is 3.33. The van der Waals surface area contributed by atoms with Gasteiger partial charge in [-0.25, -0.2) is 4.98 Å². The zero-order chi connectivity index (χ0) is 12.5. The molecule has 0 aromatic carbocycles. The summed E-state index contributed by atoms with van der Waals surface area (Å²) in [6.07, 6.45) is 1.04. The van der Waals surface area contributed by atoms with Gasteiger partial charge in [0.1, 0.15) is 11.9 Å². The molecular formula is C12H16N4O. The average Bonchev–Trinajstić information content (AvgIpc) is 2.62. The Hall–Kier alpha value is -1.80. The van der Waals surface area contributed by atoms with Crippen LogP contribution in [0, 0.1) is 11.3 Å². The van der Waals surface area contributed by atoms with Crippen LogP contribution in [0.1, 0.15) is 26.0 Å². The predicted octanol–water partition coefficient (Wildman–Crippen LogP) is 1.51. The van der Waals surface area contributed by atoms with Crippen molar-refractivity contribution in [3.8, 4) is 6.07 Å². The van der Waals surface area contributed by atoms with E-state index >= 15 is 0 Å². The van der Waals surface area contributed by atoms with E-state index in [0.29, 0.717) is 11.5 Å². The van der Waals surface area contributed by atoms with E-state index in [1.165, 1.54) is 0 Å². The molecule has 1 saturated heterocycles. The van der Waals surface area contributed by atoms with Crippen molar-refractivity contribution < 1.29 is 4.74 Å². The number of aromatic nitrogens is 1. The lowest BCUT2D eigenvalue weighted by molar-refractivity contribution is 0.105. The van der Waals surface area contributed by atoms with E-state index in [4.69, 9.17) is 15.7 Å². The molecule has 5 heteroatoms. The minimum atomic E-state index is -0.143. The number of nitrogens with two attached hydrogens (primary N) is 1. The van der Waals surface area contributed by atoms with Crippen LogP contribution >= 0.6 is 0 Å². The molecule has 5 nitrogen and oxygen atoms in total. The van der Waals surface area contributed by atoms with E-state index in [-0.39, 0.29) is 17.3 Å². The fraction of sp³-hybridized carbons (Fsp3) is 0.500. The Labute approximate surface area is 101 Å². The van der Waals surface area contributed by atoms with Crippen LogP contribution in [0.2, 0.25) is 0 Å². The maximum atomic E-state index is 8.87. The number of anilines is 2. The number of nitrogens with one attached hydrogen (secondary N) is 1. The summed E-state index contributed by atoms with van der Waals surface area (Å²) in [6, 6.07) is 5.45. The molecule has 1 aromatic rings. The standard InChI is InChI=1S/C12H16N4O/c1-8-12(2,5-6-17-8)16-11-4-3-9(14)10(7-13)15-11/h3-4,8H,5-6,14H2,1-2H3,(H,15,16). The van der Waals surface area contributed by atoms with Gasteiger partial charge < -0.3 is 15.8 Å². The van der Waals surface area contributed by atoms with E-state index < -0.39 is 0 Å². The first-order chi connectivity index (χ1) is 8.05. The van der Waals surface area contributed by atoms with Crippen LogP contribution in [0.15, 0.2) is 12.1 Å². The SMILES string of the molecule is CC1OCCC1(C)Nc1ccc(N)c(C#N)n1. The lowest BCUT2D eigenvalue weighted by atomic mass is 9.95. The zero-order valence-electron chi connectivity index (χ0n) is 10.0. The van der Waals surface area contributed by atoms with Crippen LogP contribution < -0.4 is 11.1 Å². The van der Waals surface area contributed by atoms with Gasteiger partial charge in [0.05, 0.1) is 17.3 Å². The third kappa shape index (κ3) is 2.17. The highest BCUT2D eigenvalue weighted by Gasteiger charge is 2.37. The van der Waals surface area contributed by atoms with Crippen LogP contribution in [0.4, 0.5) is 11.5 Å². The zero-order valence-corrected chi connectivity index (χ0v) is 10.0. The van der Waals surface area contributed by atoms with Crippen molar-refractivity contribution >= 4 is 11.5 Å². The summed E-state index contributed by atoms with van der Waals surface area (Å²) in [6.45, 7) is 4.86. The highest BCUT2D eigenvalue weighted by atomic mass is 16.5. The lowest BCUT2D eigenvalue weighted by Gasteiger charge is -2.29. The van der Waals surface area contributed by atoms with Gasteiger partial charge in [0.15, 0.2) is 5.69 Å². The molecule has 90 valence electrons. The minimum absolute atomic E-state index is 0.118. The van der Waals surface area contributed by atoms with E-state index in [0.717, 1.165) is 13.0 Å². The molecule has 0 amide bonds. The Kier molecular flexibility index (Phi) is 2.90. The summed E-state index contributed by atoms with van der Waals surface area (Å²) < 4.78 is 5.54. The van der Waals surface area contributed by atoms with Gasteiger partial charge in [0.25, 0.3) is 0 Å². The summed E-state index contributed by atoms with van der Waals surface area (Å²) in [5.74, 6) is 0.663. The van der Waals surface area contributed by atoms with Crippen molar-refractivity contribution in [3.63, 3.8) is 0 Å². The molecule has 0 radical (unpaired) electrons. The van der Waals surface area contributed by atoms with E-state index in [1.807, 2.05) is 13.0 Å². The van der Waals surface area contributed by atoms with Gasteiger partial charge in [-0.15, -0.1) is 0 Å². The molecule has 0 aliphatic carbocycles. The number of ether oxygens (including phenoxy) is 1. The normalized spacial score (nSPS) is 27.7. The number of nitrogen functional groups attached to an aromatic ring is 1. The average molecular weight is 232 g/mol. The van der Waals surface area contributed by atoms with Crippen LogP contribution in [-0.4, -0.2) is 23.2 Å². The lowest BCUT2D eigenvalue weighted by Crippen LogP contribution is -2.41. The Bertz CT molecular complexity index is 468. The van der Waals surface area contributed by atoms with Crippen LogP contribution in [0.25, 0.3) is 0 Å². The van der Waals surface area contributed by atoms with Crippen LogP contribution in [0.5, 0.6) is 0 Å². The highest BCUT2D eigenvalue weighted by Crippen LogP contribution is 2.29. The monoisotopic (exact) mass is 232 g/mol. The molecule has 0 saturated carbocycles. The number of hydrogen-bond donors (Lipinski definition) is 2. The molecule has 2 rings (SSSR count). The van der Waals surface area contributed by atoms with Gasteiger partial charge in [0, 0.05) is 6.61 Å². The third-order valence-corrected chi connectivity index (χ3v) is 3.33. The molecule has 0 spiro atoms. The summed E-state index contributed by atoms with van der Waals surface area (Å²) in [5.41, 5.74) is 6.14. The number of pyridine rings is 1. The second-order valence-corrected chi connectivity index (χ2v) is 4.55. The Morgan fingerprint density at radius 3 is 3.00 bits per heavy atom. The molecule has 2 heterocycles. The Morgan fingerprint density at radius 1 is 1.65 bits per heavy atom. The van der Waals surface area contributed by atoms with E-state index in [1.54, 1.807) is 12.1 Å². The quantitative estimate of drug-likeness (QED) is 0.807. The van der Waals surface area contributed by atoms with Crippen LogP contribution in [0.3, 0.4) is 0 Å². The van der Waals surface area contributed by atoms with Crippen molar-refractivity contribution in [2.45, 2.75) is 31.9 Å². The van der Waals surface area contributed by atoms with Crippen molar-refractivity contribution in [2.75, 3.05) is 17.7 Å². The van der Waals surface area contributed by atoms with Crippen LogP contribution in [-0.2, 0) is 4.74 Å². The minimum Gasteiger partial charge on any atom is -0.396 e. The van der Waals surface area contributed by atoms with Crippen molar-refractivity contribution in [1.82, 2.24) is 4.98 Å². The predicted molar refractivity (Wildman–Crippen MR) is 65.4 cm³/mol. The molecule has 2 unspecified atom stereocenters. The van der Waals surface area contributed by atoms with E-state index in [2.05, 4.69) is 17.2 Å². The molecule has 2 atom stereocenters. The molecule has 17 heavy (non-hydrogen) atoms. The fourth-order valence-corrected chi connectivity index (χ4v) is 1.92. The summed E-state index contributed by atoms with van der Waals surface area (Å²) in [7, 11) is 0. The topological polar surface area (TPSA) is 84.0 Å². The van der Waals surface area contributed by atoms with Gasteiger partial charge in [-0.1, -0.05) is 0 Å². The molecule has 1 fully saturated rings. The van der Waals surface area contributed by atoms with Gasteiger partial charge in [-0.05, 0) is 32.4 Å². The maximum absolute atomic E-state index is 8.87. The van der Waals surface area contributed by atoms with E-state index in [9.17, 15) is 0 Å². The van der Waals surface area contributed by atoms with Gasteiger partial charge in [-0.2, -0.15) is 5.26 Å². The second kappa shape index (κ2) is 4.22. The van der Waals surface area contributed by atoms with Crippen molar-refractivity contribution in [3.05, 3.63) is 17.8 Å². The summed E-state index contributed by atoms with van der Waals surface area (Å²) in [4.78, 5) is 4.18.